The molecule has 0 aromatic heterocycles. The topological polar surface area (TPSA) is 3.24 Å². The molecule has 0 aromatic carbocycles. The van der Waals surface area contributed by atoms with E-state index in [2.05, 4.69) is 157 Å². The van der Waals surface area contributed by atoms with Gasteiger partial charge in [0.05, 0.1) is 0 Å². The SMILES string of the molecule is C1CC1.C1CC1.C=C(C)C1CCCCN1C(=C)C(=C)C(C)(C)CC.C=C(C/C=C(\C)C(C)CC(=C)C(C)CC/C=C/C=C/C=C(\C)CCC1CCC(C)C(=C)C1)CCC(C)CC1CCCC(C)C1.CC.CC.CC. The first-order valence-corrected chi connectivity index (χ1v) is 31.7. The van der Waals surface area contributed by atoms with Crippen LogP contribution in [0.2, 0.25) is 0 Å². The van der Waals surface area contributed by atoms with Crippen LogP contribution in [0.25, 0.3) is 0 Å². The highest BCUT2D eigenvalue weighted by Crippen LogP contribution is 2.39. The average Bonchev–Trinajstić information content (AvgIpc) is 4.31. The highest BCUT2D eigenvalue weighted by molar-refractivity contribution is 5.32. The highest BCUT2D eigenvalue weighted by atomic mass is 15.2. The van der Waals surface area contributed by atoms with Crippen LogP contribution in [-0.4, -0.2) is 17.5 Å². The molecule has 0 amide bonds. The third kappa shape index (κ3) is 35.5. The standard InChI is InChI=1S/C44H72.C17H29N.2C3H6.3C2H6/c1-33(24-27-43-28-26-39(7)42(10)32-43)17-14-12-11-13-15-19-37(5)40(8)31-41(9)38(6)25-23-34(2)21-22-36(4)30-44-20-16-18-35(3)29-44;1-8-17(6,7)14(4)15(5)18-12-10-9-11-16(18)13(2)3;2*1-2-3-1;3*1-2/h11-14,17,25,35-37,39,41,43-44H,2,8,10,15-16,18-24,26-32H2,1,3-7,9H3;16H,2,4-5,8-12H2,1,3,6-7H3;2*1-3H2;3*1-2H3/b13-11+,14-12+,33-17+,38-25+;;;;;;. The minimum atomic E-state index is 0.133. The largest absolute Gasteiger partial charge is 0.365 e. The summed E-state index contributed by atoms with van der Waals surface area (Å²) >= 11 is 0. The van der Waals surface area contributed by atoms with Crippen LogP contribution < -0.4 is 0 Å². The van der Waals surface area contributed by atoms with E-state index in [1.165, 1.54) is 180 Å². The van der Waals surface area contributed by atoms with Gasteiger partial charge in [-0.25, -0.2) is 0 Å². The van der Waals surface area contributed by atoms with Crippen molar-refractivity contribution in [1.82, 2.24) is 4.90 Å². The molecule has 8 atom stereocenters. The molecule has 1 heterocycles. The fourth-order valence-electron chi connectivity index (χ4n) is 9.95. The molecular formula is C73H131N. The van der Waals surface area contributed by atoms with Gasteiger partial charge in [0.1, 0.15) is 0 Å². The second-order valence-corrected chi connectivity index (χ2v) is 24.1. The van der Waals surface area contributed by atoms with Crippen molar-refractivity contribution in [1.29, 1.82) is 0 Å². The summed E-state index contributed by atoms with van der Waals surface area (Å²) in [6.07, 6.45) is 48.1. The molecule has 4 aliphatic carbocycles. The van der Waals surface area contributed by atoms with Crippen LogP contribution in [0.5, 0.6) is 0 Å². The number of hydrogen-bond acceptors (Lipinski definition) is 1. The van der Waals surface area contributed by atoms with Gasteiger partial charge in [-0.1, -0.05) is 264 Å². The van der Waals surface area contributed by atoms with Crippen LogP contribution in [0.4, 0.5) is 0 Å². The lowest BCUT2D eigenvalue weighted by molar-refractivity contribution is 0.218. The summed E-state index contributed by atoms with van der Waals surface area (Å²) in [6.45, 7) is 64.4. The molecule has 5 rings (SSSR count). The molecule has 74 heavy (non-hydrogen) atoms. The van der Waals surface area contributed by atoms with E-state index in [4.69, 9.17) is 0 Å². The van der Waals surface area contributed by atoms with E-state index in [-0.39, 0.29) is 5.41 Å². The predicted molar refractivity (Wildman–Crippen MR) is 343 cm³/mol. The van der Waals surface area contributed by atoms with Gasteiger partial charge in [-0.3, -0.25) is 0 Å². The Kier molecular flexibility index (Phi) is 43.8. The van der Waals surface area contributed by atoms with E-state index < -0.39 is 0 Å². The van der Waals surface area contributed by atoms with Gasteiger partial charge in [-0.15, -0.1) is 0 Å². The van der Waals surface area contributed by atoms with Crippen molar-refractivity contribution in [3.63, 3.8) is 0 Å². The number of nitrogens with zero attached hydrogens (tertiary/aromatic N) is 1. The normalized spacial score (nSPS) is 22.6. The van der Waals surface area contributed by atoms with Gasteiger partial charge >= 0.3 is 0 Å². The zero-order valence-electron chi connectivity index (χ0n) is 53.4. The smallest absolute Gasteiger partial charge is 0.0496 e. The van der Waals surface area contributed by atoms with E-state index >= 15 is 0 Å². The first-order valence-electron chi connectivity index (χ1n) is 31.7. The fraction of sp³-hybridized carbons (Fsp3) is 0.726. The summed E-state index contributed by atoms with van der Waals surface area (Å²) in [5, 5.41) is 0. The van der Waals surface area contributed by atoms with Crippen molar-refractivity contribution in [3.8, 4) is 0 Å². The molecule has 4 saturated carbocycles. The summed E-state index contributed by atoms with van der Waals surface area (Å²) < 4.78 is 0. The molecule has 1 aliphatic heterocycles. The summed E-state index contributed by atoms with van der Waals surface area (Å²) in [6, 6.07) is 0.454. The maximum absolute atomic E-state index is 4.48. The lowest BCUT2D eigenvalue weighted by atomic mass is 9.77. The third-order valence-corrected chi connectivity index (χ3v) is 16.4. The molecule has 5 aliphatic rings. The van der Waals surface area contributed by atoms with Gasteiger partial charge in [0.25, 0.3) is 0 Å². The minimum absolute atomic E-state index is 0.133. The first-order chi connectivity index (χ1) is 35.2. The Morgan fingerprint density at radius 1 is 0.703 bits per heavy atom. The molecular weight excluding hydrogens is 891 g/mol. The first kappa shape index (κ1) is 73.3. The summed E-state index contributed by atoms with van der Waals surface area (Å²) in [5.41, 5.74) is 10.9. The molecule has 5 fully saturated rings. The molecule has 1 nitrogen and oxygen atoms in total. The molecule has 1 heteroatoms. The molecule has 0 spiro atoms. The predicted octanol–water partition coefficient (Wildman–Crippen LogP) is 24.7. The monoisotopic (exact) mass is 1020 g/mol. The van der Waals surface area contributed by atoms with Crippen molar-refractivity contribution in [2.24, 2.45) is 46.8 Å². The average molecular weight is 1020 g/mol. The van der Waals surface area contributed by atoms with E-state index in [0.29, 0.717) is 17.9 Å². The van der Waals surface area contributed by atoms with Gasteiger partial charge in [0.2, 0.25) is 0 Å². The quantitative estimate of drug-likeness (QED) is 0.0688. The van der Waals surface area contributed by atoms with E-state index in [9.17, 15) is 0 Å². The molecule has 0 bridgehead atoms. The molecule has 1 saturated heterocycles. The Hall–Kier alpha value is -2.80. The second-order valence-electron chi connectivity index (χ2n) is 24.1. The lowest BCUT2D eigenvalue weighted by Crippen LogP contribution is -2.40. The maximum Gasteiger partial charge on any atom is 0.0496 e. The fourth-order valence-corrected chi connectivity index (χ4v) is 9.95. The van der Waals surface area contributed by atoms with Crippen LogP contribution >= 0.6 is 0 Å². The third-order valence-electron chi connectivity index (χ3n) is 16.4. The second kappa shape index (κ2) is 44.2. The Morgan fingerprint density at radius 3 is 1.88 bits per heavy atom. The van der Waals surface area contributed by atoms with Crippen molar-refractivity contribution in [3.05, 3.63) is 121 Å². The number of rotatable bonds is 24. The zero-order valence-corrected chi connectivity index (χ0v) is 53.4. The van der Waals surface area contributed by atoms with Gasteiger partial charge in [-0.05, 0) is 182 Å². The van der Waals surface area contributed by atoms with Gasteiger partial charge in [0.15, 0.2) is 0 Å². The number of allylic oxidation sites excluding steroid dienone is 12. The van der Waals surface area contributed by atoms with Crippen molar-refractivity contribution < 1.29 is 0 Å². The molecule has 0 radical (unpaired) electrons. The Morgan fingerprint density at radius 2 is 1.32 bits per heavy atom. The van der Waals surface area contributed by atoms with E-state index in [1.807, 2.05) is 41.5 Å². The highest BCUT2D eigenvalue weighted by Gasteiger charge is 2.30. The van der Waals surface area contributed by atoms with E-state index in [0.717, 1.165) is 67.5 Å². The molecule has 0 N–H and O–H groups in total. The molecule has 8 unspecified atom stereocenters. The van der Waals surface area contributed by atoms with Crippen LogP contribution in [-0.2, 0) is 0 Å². The summed E-state index contributed by atoms with van der Waals surface area (Å²) in [5.74, 6) is 5.43. The van der Waals surface area contributed by atoms with Crippen molar-refractivity contribution in [2.45, 2.75) is 291 Å². The van der Waals surface area contributed by atoms with Crippen LogP contribution in [0.1, 0.15) is 285 Å². The molecule has 428 valence electrons. The lowest BCUT2D eigenvalue weighted by Gasteiger charge is -2.42. The van der Waals surface area contributed by atoms with Crippen molar-refractivity contribution in [2.75, 3.05) is 6.54 Å². The summed E-state index contributed by atoms with van der Waals surface area (Å²) in [7, 11) is 0. The number of piperidine rings is 1. The van der Waals surface area contributed by atoms with Gasteiger partial charge in [-0.2, -0.15) is 0 Å². The van der Waals surface area contributed by atoms with Gasteiger partial charge < -0.3 is 4.90 Å². The molecule has 0 aromatic rings. The number of likely N-dealkylation sites (tertiary alicyclic amines) is 1. The maximum atomic E-state index is 4.48. The van der Waals surface area contributed by atoms with Crippen molar-refractivity contribution >= 4 is 0 Å². The van der Waals surface area contributed by atoms with Gasteiger partial charge in [0, 0.05) is 18.3 Å². The summed E-state index contributed by atoms with van der Waals surface area (Å²) in [4.78, 5) is 2.42. The van der Waals surface area contributed by atoms with Crippen LogP contribution in [0, 0.1) is 46.8 Å². The zero-order chi connectivity index (χ0) is 56.6. The minimum Gasteiger partial charge on any atom is -0.365 e. The van der Waals surface area contributed by atoms with Crippen LogP contribution in [0.3, 0.4) is 0 Å². The number of hydrogen-bond donors (Lipinski definition) is 0. The Balaban J connectivity index is 0. The van der Waals surface area contributed by atoms with Crippen LogP contribution in [0.15, 0.2) is 121 Å². The van der Waals surface area contributed by atoms with E-state index in [1.54, 1.807) is 0 Å². The Labute approximate surface area is 467 Å². The Bertz CT molecular complexity index is 1640.